The van der Waals surface area contributed by atoms with E-state index < -0.39 is 0 Å². The summed E-state index contributed by atoms with van der Waals surface area (Å²) in [5.74, 6) is 2.60. The lowest BCUT2D eigenvalue weighted by Gasteiger charge is -2.43. The van der Waals surface area contributed by atoms with Crippen molar-refractivity contribution in [2.75, 3.05) is 86.6 Å². The number of methoxy groups -OCH3 is 1. The molecule has 0 spiro atoms. The summed E-state index contributed by atoms with van der Waals surface area (Å²) >= 11 is 1.63. The highest BCUT2D eigenvalue weighted by atomic mass is 32.2. The monoisotopic (exact) mass is 668 g/mol. The van der Waals surface area contributed by atoms with Crippen LogP contribution in [-0.4, -0.2) is 103 Å². The maximum Gasteiger partial charge on any atom is 0.229 e. The van der Waals surface area contributed by atoms with Crippen LogP contribution < -0.4 is 24.6 Å². The SMILES string of the molecule is CCc1cc(Nc2ncc(C3CC3)c(Nc3ccc4nccnc4c3N(C)SC)n2)c(OC)cc1N1CCC(N2CCN(C)CC2)CC1. The normalized spacial score (nSPS) is 17.9. The van der Waals surface area contributed by atoms with Gasteiger partial charge in [0, 0.05) is 94.5 Å². The molecule has 4 aromatic rings. The van der Waals surface area contributed by atoms with Crippen molar-refractivity contribution in [3.8, 4) is 5.75 Å². The summed E-state index contributed by atoms with van der Waals surface area (Å²) in [5, 5.41) is 7.19. The molecule has 48 heavy (non-hydrogen) atoms. The van der Waals surface area contributed by atoms with E-state index in [0.717, 1.165) is 77.6 Å². The Morgan fingerprint density at radius 2 is 1.71 bits per heavy atom. The molecule has 3 fully saturated rings. The number of aryl methyl sites for hydroxylation is 1. The summed E-state index contributed by atoms with van der Waals surface area (Å²) in [6.07, 6.45) is 13.1. The van der Waals surface area contributed by atoms with Crippen LogP contribution in [0.2, 0.25) is 0 Å². The molecule has 2 aliphatic heterocycles. The number of benzene rings is 2. The molecule has 12 heteroatoms. The minimum absolute atomic E-state index is 0.462. The van der Waals surface area contributed by atoms with Gasteiger partial charge in [0.2, 0.25) is 5.95 Å². The van der Waals surface area contributed by atoms with Gasteiger partial charge in [0.05, 0.1) is 29.7 Å². The van der Waals surface area contributed by atoms with Crippen molar-refractivity contribution in [2.24, 2.45) is 0 Å². The first kappa shape index (κ1) is 32.7. The Morgan fingerprint density at radius 3 is 2.42 bits per heavy atom. The first-order chi connectivity index (χ1) is 23.4. The first-order valence-corrected chi connectivity index (χ1v) is 18.4. The molecule has 3 aliphatic rings. The quantitative estimate of drug-likeness (QED) is 0.176. The summed E-state index contributed by atoms with van der Waals surface area (Å²) in [6.45, 7) is 9.07. The summed E-state index contributed by atoms with van der Waals surface area (Å²) in [6, 6.07) is 9.18. The van der Waals surface area contributed by atoms with Crippen LogP contribution in [-0.2, 0) is 6.42 Å². The Labute approximate surface area is 288 Å². The van der Waals surface area contributed by atoms with Crippen molar-refractivity contribution in [3.05, 3.63) is 54.0 Å². The highest BCUT2D eigenvalue weighted by molar-refractivity contribution is 7.99. The minimum atomic E-state index is 0.462. The van der Waals surface area contributed by atoms with E-state index in [-0.39, 0.29) is 0 Å². The minimum Gasteiger partial charge on any atom is -0.494 e. The van der Waals surface area contributed by atoms with Crippen LogP contribution >= 0.6 is 11.9 Å². The molecule has 0 bridgehead atoms. The molecular weight excluding hydrogens is 621 g/mol. The molecule has 0 unspecified atom stereocenters. The van der Waals surface area contributed by atoms with Gasteiger partial charge in [-0.1, -0.05) is 18.9 Å². The zero-order valence-corrected chi connectivity index (χ0v) is 29.7. The summed E-state index contributed by atoms with van der Waals surface area (Å²) in [5.41, 5.74) is 8.18. The third kappa shape index (κ3) is 6.83. The van der Waals surface area contributed by atoms with E-state index in [4.69, 9.17) is 14.7 Å². The van der Waals surface area contributed by atoms with Crippen LogP contribution in [0.25, 0.3) is 11.0 Å². The van der Waals surface area contributed by atoms with Gasteiger partial charge in [0.15, 0.2) is 0 Å². The van der Waals surface area contributed by atoms with Gasteiger partial charge in [-0.2, -0.15) is 4.98 Å². The fraction of sp³-hybridized carbons (Fsp3) is 0.500. The second-order valence-electron chi connectivity index (χ2n) is 13.2. The number of nitrogens with zero attached hydrogens (tertiary/aromatic N) is 8. The largest absolute Gasteiger partial charge is 0.494 e. The summed E-state index contributed by atoms with van der Waals surface area (Å²) < 4.78 is 8.09. The van der Waals surface area contributed by atoms with E-state index in [1.165, 1.54) is 50.3 Å². The summed E-state index contributed by atoms with van der Waals surface area (Å²) in [4.78, 5) is 26.8. The third-order valence-electron chi connectivity index (χ3n) is 10.2. The number of anilines is 6. The van der Waals surface area contributed by atoms with Crippen molar-refractivity contribution in [2.45, 2.75) is 51.0 Å². The van der Waals surface area contributed by atoms with Crippen LogP contribution in [0, 0.1) is 0 Å². The smallest absolute Gasteiger partial charge is 0.229 e. The number of fused-ring (bicyclic) bond motifs is 1. The lowest BCUT2D eigenvalue weighted by Crippen LogP contribution is -2.52. The highest BCUT2D eigenvalue weighted by Crippen LogP contribution is 2.45. The van der Waals surface area contributed by atoms with Gasteiger partial charge in [-0.05, 0) is 68.8 Å². The predicted molar refractivity (Wildman–Crippen MR) is 199 cm³/mol. The van der Waals surface area contributed by atoms with Gasteiger partial charge in [-0.25, -0.2) is 4.98 Å². The van der Waals surface area contributed by atoms with Gasteiger partial charge in [0.1, 0.15) is 17.1 Å². The van der Waals surface area contributed by atoms with Gasteiger partial charge in [-0.3, -0.25) is 14.9 Å². The van der Waals surface area contributed by atoms with Gasteiger partial charge in [0.25, 0.3) is 0 Å². The molecule has 0 radical (unpaired) electrons. The summed E-state index contributed by atoms with van der Waals surface area (Å²) in [7, 11) is 6.02. The number of likely N-dealkylation sites (N-methyl/N-ethyl adjacent to an activating group) is 1. The first-order valence-electron chi connectivity index (χ1n) is 17.3. The highest BCUT2D eigenvalue weighted by Gasteiger charge is 2.30. The number of aromatic nitrogens is 4. The molecule has 4 heterocycles. The molecule has 2 saturated heterocycles. The average Bonchev–Trinajstić information content (AvgIpc) is 3.97. The number of hydrogen-bond acceptors (Lipinski definition) is 12. The lowest BCUT2D eigenvalue weighted by atomic mass is 9.99. The Kier molecular flexibility index (Phi) is 9.74. The van der Waals surface area contributed by atoms with E-state index in [1.807, 2.05) is 19.3 Å². The molecule has 11 nitrogen and oxygen atoms in total. The van der Waals surface area contributed by atoms with Gasteiger partial charge >= 0.3 is 0 Å². The van der Waals surface area contributed by atoms with Crippen LogP contribution in [0.3, 0.4) is 0 Å². The number of hydrogen-bond donors (Lipinski definition) is 2. The van der Waals surface area contributed by atoms with Crippen LogP contribution in [0.5, 0.6) is 5.75 Å². The topological polar surface area (TPSA) is 97.8 Å². The van der Waals surface area contributed by atoms with Crippen molar-refractivity contribution >= 4 is 57.5 Å². The Balaban J connectivity index is 1.14. The molecule has 2 N–H and O–H groups in total. The molecule has 1 saturated carbocycles. The number of piperazine rings is 1. The molecule has 0 atom stereocenters. The average molecular weight is 669 g/mol. The fourth-order valence-electron chi connectivity index (χ4n) is 7.14. The van der Waals surface area contributed by atoms with Crippen molar-refractivity contribution in [3.63, 3.8) is 0 Å². The van der Waals surface area contributed by atoms with E-state index in [0.29, 0.717) is 17.9 Å². The second-order valence-corrected chi connectivity index (χ2v) is 14.1. The van der Waals surface area contributed by atoms with Crippen LogP contribution in [0.15, 0.2) is 42.9 Å². The lowest BCUT2D eigenvalue weighted by molar-refractivity contribution is 0.0982. The number of nitrogens with one attached hydrogen (secondary N) is 2. The Morgan fingerprint density at radius 1 is 0.938 bits per heavy atom. The van der Waals surface area contributed by atoms with E-state index in [9.17, 15) is 0 Å². The zero-order valence-electron chi connectivity index (χ0n) is 28.9. The standard InChI is InChI=1S/C36H48N10OS/c1-6-24-21-30(32(47-4)22-31(24)46-15-11-26(12-16-46)45-19-17-43(2)18-20-45)41-36-39-23-27(25-7-8-25)35(42-36)40-29-10-9-28-33(38-14-13-37-28)34(29)44(3)48-5/h9-10,13-14,21-23,25-26H,6-8,11-12,15-20H2,1-5H3,(H2,39,40,41,42). The van der Waals surface area contributed by atoms with E-state index in [1.54, 1.807) is 31.5 Å². The number of rotatable bonds is 11. The van der Waals surface area contributed by atoms with Crippen LogP contribution in [0.1, 0.15) is 49.7 Å². The third-order valence-corrected chi connectivity index (χ3v) is 10.9. The Hall–Kier alpha value is -3.87. The zero-order chi connectivity index (χ0) is 33.2. The molecule has 254 valence electrons. The van der Waals surface area contributed by atoms with Gasteiger partial charge in [-0.15, -0.1) is 0 Å². The maximum absolute atomic E-state index is 5.97. The molecule has 7 rings (SSSR count). The second kappa shape index (κ2) is 14.3. The Bertz CT molecular complexity index is 1730. The molecule has 2 aromatic heterocycles. The van der Waals surface area contributed by atoms with Crippen LogP contribution in [0.4, 0.5) is 34.5 Å². The number of piperidine rings is 1. The van der Waals surface area contributed by atoms with E-state index in [2.05, 4.69) is 78.0 Å². The fourth-order valence-corrected chi connectivity index (χ4v) is 7.51. The van der Waals surface area contributed by atoms with Gasteiger partial charge < -0.3 is 29.5 Å². The molecule has 2 aromatic carbocycles. The molecule has 0 amide bonds. The van der Waals surface area contributed by atoms with Crippen molar-refractivity contribution < 1.29 is 4.74 Å². The van der Waals surface area contributed by atoms with Crippen molar-refractivity contribution in [1.29, 1.82) is 0 Å². The number of ether oxygens (including phenoxy) is 1. The molecular formula is C36H48N10OS. The maximum atomic E-state index is 5.97. The van der Waals surface area contributed by atoms with E-state index >= 15 is 0 Å². The predicted octanol–water partition coefficient (Wildman–Crippen LogP) is 6.29. The van der Waals surface area contributed by atoms with Crippen molar-refractivity contribution in [1.82, 2.24) is 29.7 Å². The molecule has 1 aliphatic carbocycles.